The van der Waals surface area contributed by atoms with E-state index in [0.29, 0.717) is 17.1 Å². The summed E-state index contributed by atoms with van der Waals surface area (Å²) < 4.78 is 6.02. The molecule has 1 aliphatic heterocycles. The van der Waals surface area contributed by atoms with Crippen LogP contribution in [0.3, 0.4) is 0 Å². The van der Waals surface area contributed by atoms with Gasteiger partial charge in [-0.15, -0.1) is 0 Å². The maximum absolute atomic E-state index is 12.3. The summed E-state index contributed by atoms with van der Waals surface area (Å²) in [6.07, 6.45) is 6.02. The van der Waals surface area contributed by atoms with Crippen LogP contribution in [0.2, 0.25) is 0 Å². The molecule has 1 fully saturated rings. The van der Waals surface area contributed by atoms with Crippen LogP contribution in [-0.4, -0.2) is 44.7 Å². The van der Waals surface area contributed by atoms with E-state index < -0.39 is 17.7 Å². The van der Waals surface area contributed by atoms with Gasteiger partial charge in [0, 0.05) is 42.9 Å². The third-order valence-electron chi connectivity index (χ3n) is 5.49. The Bertz CT molecular complexity index is 897. The first-order valence-corrected chi connectivity index (χ1v) is 10.4. The average Bonchev–Trinajstić information content (AvgIpc) is 2.66. The lowest BCUT2D eigenvalue weighted by Gasteiger charge is -2.40. The Hall–Kier alpha value is -2.54. The SMILES string of the molecule is Cc1ncc(-c2ncccn2)c(N2CCC(C)(C)CC2)c1[C@H](OC(C)(C)C)C(=O)O. The third-order valence-corrected chi connectivity index (χ3v) is 5.49. The molecule has 0 radical (unpaired) electrons. The Kier molecular flexibility index (Phi) is 6.13. The van der Waals surface area contributed by atoms with Crippen LogP contribution in [-0.2, 0) is 9.53 Å². The molecule has 3 heterocycles. The van der Waals surface area contributed by atoms with Crippen molar-refractivity contribution in [1.29, 1.82) is 0 Å². The second-order valence-corrected chi connectivity index (χ2v) is 9.69. The standard InChI is InChI=1S/C23H32N4O3/c1-15-17(19(21(28)29)30-22(2,3)4)18(27-12-8-23(5,6)9-13-27)16(14-26-15)20-24-10-7-11-25-20/h7,10-11,14,19H,8-9,12-13H2,1-6H3,(H,28,29)/t19-/m0/s1. The van der Waals surface area contributed by atoms with E-state index in [0.717, 1.165) is 37.2 Å². The molecule has 162 valence electrons. The van der Waals surface area contributed by atoms with Crippen molar-refractivity contribution in [3.8, 4) is 11.4 Å². The van der Waals surface area contributed by atoms with Gasteiger partial charge in [-0.05, 0) is 52.0 Å². The van der Waals surface area contributed by atoms with Crippen LogP contribution < -0.4 is 4.90 Å². The molecule has 7 nitrogen and oxygen atoms in total. The summed E-state index contributed by atoms with van der Waals surface area (Å²) in [7, 11) is 0. The minimum absolute atomic E-state index is 0.260. The van der Waals surface area contributed by atoms with Gasteiger partial charge in [0.1, 0.15) is 0 Å². The molecule has 0 saturated carbocycles. The number of carboxylic acid groups (broad SMARTS) is 1. The third kappa shape index (κ3) is 4.95. The molecule has 0 amide bonds. The highest BCUT2D eigenvalue weighted by Crippen LogP contribution is 2.42. The predicted molar refractivity (Wildman–Crippen MR) is 116 cm³/mol. The number of aliphatic carboxylic acids is 1. The Morgan fingerprint density at radius 3 is 2.30 bits per heavy atom. The number of nitrogens with zero attached hydrogens (tertiary/aromatic N) is 4. The van der Waals surface area contributed by atoms with Gasteiger partial charge in [0.05, 0.1) is 16.9 Å². The molecule has 2 aromatic rings. The van der Waals surface area contributed by atoms with E-state index in [1.54, 1.807) is 24.7 Å². The van der Waals surface area contributed by atoms with Crippen molar-refractivity contribution in [3.05, 3.63) is 35.9 Å². The van der Waals surface area contributed by atoms with Crippen molar-refractivity contribution in [2.45, 2.75) is 66.1 Å². The quantitative estimate of drug-likeness (QED) is 0.778. The maximum atomic E-state index is 12.3. The molecule has 2 aromatic heterocycles. The number of aryl methyl sites for hydroxylation is 1. The summed E-state index contributed by atoms with van der Waals surface area (Å²) in [5.41, 5.74) is 2.42. The zero-order valence-corrected chi connectivity index (χ0v) is 18.8. The summed E-state index contributed by atoms with van der Waals surface area (Å²) in [5, 5.41) is 10.1. The van der Waals surface area contributed by atoms with E-state index in [2.05, 4.69) is 33.7 Å². The van der Waals surface area contributed by atoms with Crippen molar-refractivity contribution in [2.24, 2.45) is 5.41 Å². The highest BCUT2D eigenvalue weighted by atomic mass is 16.5. The molecular formula is C23H32N4O3. The molecule has 7 heteroatoms. The predicted octanol–water partition coefficient (Wildman–Crippen LogP) is 4.41. The van der Waals surface area contributed by atoms with E-state index >= 15 is 0 Å². The second kappa shape index (κ2) is 8.30. The number of carboxylic acids is 1. The molecule has 1 atom stereocenters. The summed E-state index contributed by atoms with van der Waals surface area (Å²) in [4.78, 5) is 27.9. The lowest BCUT2D eigenvalue weighted by molar-refractivity contribution is -0.160. The minimum atomic E-state index is -1.13. The highest BCUT2D eigenvalue weighted by molar-refractivity contribution is 5.84. The Morgan fingerprint density at radius 1 is 1.17 bits per heavy atom. The summed E-state index contributed by atoms with van der Waals surface area (Å²) >= 11 is 0. The van der Waals surface area contributed by atoms with Gasteiger partial charge in [-0.3, -0.25) is 4.98 Å². The Labute approximate surface area is 178 Å². The van der Waals surface area contributed by atoms with Crippen LogP contribution in [0.5, 0.6) is 0 Å². The monoisotopic (exact) mass is 412 g/mol. The van der Waals surface area contributed by atoms with Gasteiger partial charge in [-0.1, -0.05) is 13.8 Å². The Morgan fingerprint density at radius 2 is 1.77 bits per heavy atom. The summed E-state index contributed by atoms with van der Waals surface area (Å²) in [5.74, 6) is -0.495. The van der Waals surface area contributed by atoms with E-state index in [1.807, 2.05) is 27.7 Å². The number of hydrogen-bond acceptors (Lipinski definition) is 6. The van der Waals surface area contributed by atoms with Crippen molar-refractivity contribution < 1.29 is 14.6 Å². The minimum Gasteiger partial charge on any atom is -0.479 e. The molecule has 1 saturated heterocycles. The van der Waals surface area contributed by atoms with E-state index in [-0.39, 0.29) is 5.41 Å². The zero-order valence-electron chi connectivity index (χ0n) is 18.8. The number of pyridine rings is 1. The van der Waals surface area contributed by atoms with Crippen LogP contribution in [0.25, 0.3) is 11.4 Å². The van der Waals surface area contributed by atoms with Gasteiger partial charge in [0.15, 0.2) is 11.9 Å². The molecule has 0 bridgehead atoms. The Balaban J connectivity index is 2.21. The maximum Gasteiger partial charge on any atom is 0.337 e. The van der Waals surface area contributed by atoms with Gasteiger partial charge in [-0.25, -0.2) is 14.8 Å². The smallest absolute Gasteiger partial charge is 0.337 e. The number of hydrogen-bond donors (Lipinski definition) is 1. The van der Waals surface area contributed by atoms with Gasteiger partial charge in [0.2, 0.25) is 0 Å². The molecule has 0 spiro atoms. The van der Waals surface area contributed by atoms with Crippen LogP contribution >= 0.6 is 0 Å². The molecule has 0 unspecified atom stereocenters. The number of carbonyl (C=O) groups is 1. The van der Waals surface area contributed by atoms with Gasteiger partial charge >= 0.3 is 5.97 Å². The largest absolute Gasteiger partial charge is 0.479 e. The first kappa shape index (κ1) is 22.2. The van der Waals surface area contributed by atoms with E-state index in [4.69, 9.17) is 4.74 Å². The molecule has 0 aromatic carbocycles. The van der Waals surface area contributed by atoms with Gasteiger partial charge in [-0.2, -0.15) is 0 Å². The molecule has 1 aliphatic rings. The topological polar surface area (TPSA) is 88.4 Å². The number of piperidine rings is 1. The van der Waals surface area contributed by atoms with Crippen LogP contribution in [0.1, 0.15) is 64.8 Å². The average molecular weight is 413 g/mol. The molecule has 0 aliphatic carbocycles. The fourth-order valence-electron chi connectivity index (χ4n) is 3.79. The lowest BCUT2D eigenvalue weighted by Crippen LogP contribution is -2.39. The van der Waals surface area contributed by atoms with E-state index in [9.17, 15) is 9.90 Å². The van der Waals surface area contributed by atoms with Crippen molar-refractivity contribution >= 4 is 11.7 Å². The second-order valence-electron chi connectivity index (χ2n) is 9.69. The fraction of sp³-hybridized carbons (Fsp3) is 0.565. The number of anilines is 1. The number of rotatable bonds is 5. The first-order chi connectivity index (χ1) is 14.0. The number of ether oxygens (including phenoxy) is 1. The highest BCUT2D eigenvalue weighted by Gasteiger charge is 2.36. The van der Waals surface area contributed by atoms with Gasteiger partial charge < -0.3 is 14.7 Å². The van der Waals surface area contributed by atoms with E-state index in [1.165, 1.54) is 0 Å². The molecular weight excluding hydrogens is 380 g/mol. The fourth-order valence-corrected chi connectivity index (χ4v) is 3.79. The molecule has 30 heavy (non-hydrogen) atoms. The molecule has 3 rings (SSSR count). The first-order valence-electron chi connectivity index (χ1n) is 10.4. The van der Waals surface area contributed by atoms with Crippen molar-refractivity contribution in [3.63, 3.8) is 0 Å². The normalized spacial score (nSPS) is 17.6. The van der Waals surface area contributed by atoms with Crippen LogP contribution in [0.4, 0.5) is 5.69 Å². The van der Waals surface area contributed by atoms with Gasteiger partial charge in [0.25, 0.3) is 0 Å². The van der Waals surface area contributed by atoms with Crippen molar-refractivity contribution in [2.75, 3.05) is 18.0 Å². The number of aromatic nitrogens is 3. The lowest BCUT2D eigenvalue weighted by atomic mass is 9.82. The summed E-state index contributed by atoms with van der Waals surface area (Å²) in [6, 6.07) is 1.76. The van der Waals surface area contributed by atoms with Crippen LogP contribution in [0.15, 0.2) is 24.7 Å². The van der Waals surface area contributed by atoms with Crippen molar-refractivity contribution in [1.82, 2.24) is 15.0 Å². The van der Waals surface area contributed by atoms with Crippen LogP contribution in [0, 0.1) is 12.3 Å². The zero-order chi connectivity index (χ0) is 22.1. The summed E-state index contributed by atoms with van der Waals surface area (Å²) in [6.45, 7) is 13.6. The molecule has 1 N–H and O–H groups in total.